The lowest BCUT2D eigenvalue weighted by molar-refractivity contribution is -0.137. The van der Waals surface area contributed by atoms with Crippen LogP contribution in [0.1, 0.15) is 35.0 Å². The molecule has 0 unspecified atom stereocenters. The van der Waals surface area contributed by atoms with Gasteiger partial charge in [-0.1, -0.05) is 30.1 Å². The van der Waals surface area contributed by atoms with Crippen LogP contribution in [0.4, 0.5) is 19.0 Å². The molecule has 0 amide bonds. The van der Waals surface area contributed by atoms with E-state index in [0.29, 0.717) is 12.1 Å². The number of nitrogens with zero attached hydrogens (tertiary/aromatic N) is 3. The molecule has 5 nitrogen and oxygen atoms in total. The Kier molecular flexibility index (Phi) is 4.78. The second-order valence-electron chi connectivity index (χ2n) is 4.70. The summed E-state index contributed by atoms with van der Waals surface area (Å²) in [6, 6.07) is 3.05. The Morgan fingerprint density at radius 1 is 1.38 bits per heavy atom. The maximum atomic E-state index is 12.8. The molecule has 24 heavy (non-hydrogen) atoms. The first kappa shape index (κ1) is 18.1. The Bertz CT molecular complexity index is 845. The number of nitrogen functional groups attached to an aromatic ring is 1. The van der Waals surface area contributed by atoms with Gasteiger partial charge >= 0.3 is 6.18 Å². The molecule has 1 aromatic heterocycles. The van der Waals surface area contributed by atoms with Crippen LogP contribution in [0, 0.1) is 11.3 Å². The van der Waals surface area contributed by atoms with Gasteiger partial charge in [0.1, 0.15) is 17.6 Å². The van der Waals surface area contributed by atoms with Gasteiger partial charge in [-0.25, -0.2) is 4.68 Å². The van der Waals surface area contributed by atoms with Crippen LogP contribution in [0.25, 0.3) is 5.69 Å². The maximum Gasteiger partial charge on any atom is 0.416 e. The number of anilines is 1. The molecular formula is C14H9Cl2F3N4O. The molecule has 0 aliphatic carbocycles. The van der Waals surface area contributed by atoms with Crippen molar-refractivity contribution in [3.63, 3.8) is 0 Å². The number of benzene rings is 1. The van der Waals surface area contributed by atoms with E-state index >= 15 is 0 Å². The highest BCUT2D eigenvalue weighted by atomic mass is 35.5. The lowest BCUT2D eigenvalue weighted by Crippen LogP contribution is -2.09. The van der Waals surface area contributed by atoms with E-state index in [1.165, 1.54) is 0 Å². The van der Waals surface area contributed by atoms with Crippen molar-refractivity contribution >= 4 is 34.8 Å². The van der Waals surface area contributed by atoms with Crippen LogP contribution in [-0.2, 0) is 6.18 Å². The predicted molar refractivity (Wildman–Crippen MR) is 82.3 cm³/mol. The standard InChI is InChI=1S/C14H9Cl2F3N4O/c1-2-10(24)11-9(5-20)22-23(13(11)21)12-7(15)3-6(4-8(12)16)14(17,18)19/h3-4H,2,21H2,1H3. The van der Waals surface area contributed by atoms with Gasteiger partial charge in [0.25, 0.3) is 0 Å². The van der Waals surface area contributed by atoms with E-state index in [4.69, 9.17) is 34.2 Å². The van der Waals surface area contributed by atoms with Gasteiger partial charge in [-0.05, 0) is 12.1 Å². The minimum Gasteiger partial charge on any atom is -0.383 e. The second kappa shape index (κ2) is 6.34. The molecule has 0 spiro atoms. The van der Waals surface area contributed by atoms with Gasteiger partial charge < -0.3 is 5.73 Å². The number of ketones is 1. The average molecular weight is 377 g/mol. The largest absolute Gasteiger partial charge is 0.416 e. The van der Waals surface area contributed by atoms with Crippen LogP contribution in [0.3, 0.4) is 0 Å². The van der Waals surface area contributed by atoms with Crippen LogP contribution in [-0.4, -0.2) is 15.6 Å². The Hall–Kier alpha value is -2.24. The molecule has 0 fully saturated rings. The summed E-state index contributed by atoms with van der Waals surface area (Å²) in [6.07, 6.45) is -4.57. The van der Waals surface area contributed by atoms with E-state index in [2.05, 4.69) is 5.10 Å². The number of aromatic nitrogens is 2. The Morgan fingerprint density at radius 2 is 1.92 bits per heavy atom. The third kappa shape index (κ3) is 3.05. The van der Waals surface area contributed by atoms with E-state index in [9.17, 15) is 18.0 Å². The van der Waals surface area contributed by atoms with Gasteiger partial charge in [0.15, 0.2) is 11.5 Å². The number of alkyl halides is 3. The number of hydrogen-bond acceptors (Lipinski definition) is 4. The molecule has 126 valence electrons. The summed E-state index contributed by atoms with van der Waals surface area (Å²) in [7, 11) is 0. The summed E-state index contributed by atoms with van der Waals surface area (Å²) in [5, 5.41) is 12.2. The lowest BCUT2D eigenvalue weighted by Gasteiger charge is -2.13. The van der Waals surface area contributed by atoms with E-state index in [-0.39, 0.29) is 39.2 Å². The smallest absolute Gasteiger partial charge is 0.383 e. The molecule has 2 N–H and O–H groups in total. The molecule has 0 saturated heterocycles. The molecule has 0 aliphatic rings. The summed E-state index contributed by atoms with van der Waals surface area (Å²) in [4.78, 5) is 11.9. The first-order chi connectivity index (χ1) is 11.1. The van der Waals surface area contributed by atoms with Crippen molar-refractivity contribution in [2.24, 2.45) is 0 Å². The van der Waals surface area contributed by atoms with Crippen LogP contribution in [0.5, 0.6) is 0 Å². The number of nitrogens with two attached hydrogens (primary N) is 1. The van der Waals surface area contributed by atoms with E-state index < -0.39 is 17.5 Å². The van der Waals surface area contributed by atoms with Crippen molar-refractivity contribution in [1.82, 2.24) is 9.78 Å². The lowest BCUT2D eigenvalue weighted by atomic mass is 10.1. The van der Waals surface area contributed by atoms with Crippen molar-refractivity contribution in [1.29, 1.82) is 5.26 Å². The van der Waals surface area contributed by atoms with Gasteiger partial charge in [-0.2, -0.15) is 23.5 Å². The first-order valence-corrected chi connectivity index (χ1v) is 7.25. The Labute approximate surface area is 144 Å². The number of halogens is 5. The molecule has 0 aliphatic heterocycles. The first-order valence-electron chi connectivity index (χ1n) is 6.50. The third-order valence-electron chi connectivity index (χ3n) is 3.18. The number of carbonyl (C=O) groups is 1. The Morgan fingerprint density at radius 3 is 2.33 bits per heavy atom. The van der Waals surface area contributed by atoms with E-state index in [1.54, 1.807) is 13.0 Å². The van der Waals surface area contributed by atoms with E-state index in [1.807, 2.05) is 0 Å². The summed E-state index contributed by atoms with van der Waals surface area (Å²) in [6.45, 7) is 1.57. The third-order valence-corrected chi connectivity index (χ3v) is 3.76. The molecule has 1 aromatic carbocycles. The minimum absolute atomic E-state index is 0.0685. The van der Waals surface area contributed by atoms with Crippen LogP contribution >= 0.6 is 23.2 Å². The topological polar surface area (TPSA) is 84.7 Å². The number of rotatable bonds is 3. The van der Waals surface area contributed by atoms with Gasteiger partial charge in [0, 0.05) is 6.42 Å². The number of Topliss-reactive ketones (excluding diaryl/α,β-unsaturated/α-hetero) is 1. The molecular weight excluding hydrogens is 368 g/mol. The molecule has 10 heteroatoms. The zero-order chi connectivity index (χ0) is 18.2. The quantitative estimate of drug-likeness (QED) is 0.811. The number of carbonyl (C=O) groups excluding carboxylic acids is 1. The summed E-state index contributed by atoms with van der Waals surface area (Å²) >= 11 is 11.8. The monoisotopic (exact) mass is 376 g/mol. The summed E-state index contributed by atoms with van der Waals surface area (Å²) < 4.78 is 39.2. The van der Waals surface area contributed by atoms with Gasteiger partial charge in [-0.3, -0.25) is 4.79 Å². The molecule has 1 heterocycles. The van der Waals surface area contributed by atoms with Crippen molar-refractivity contribution < 1.29 is 18.0 Å². The molecule has 2 rings (SSSR count). The van der Waals surface area contributed by atoms with Crippen LogP contribution in [0.2, 0.25) is 10.0 Å². The fraction of sp³-hybridized carbons (Fsp3) is 0.214. The highest BCUT2D eigenvalue weighted by molar-refractivity contribution is 6.38. The van der Waals surface area contributed by atoms with Crippen LogP contribution < -0.4 is 5.73 Å². The van der Waals surface area contributed by atoms with Gasteiger partial charge in [0.05, 0.1) is 21.2 Å². The number of hydrogen-bond donors (Lipinski definition) is 1. The average Bonchev–Trinajstić information content (AvgIpc) is 2.81. The van der Waals surface area contributed by atoms with Crippen molar-refractivity contribution in [3.8, 4) is 11.8 Å². The van der Waals surface area contributed by atoms with Crippen molar-refractivity contribution in [2.75, 3.05) is 5.73 Å². The van der Waals surface area contributed by atoms with Crippen molar-refractivity contribution in [3.05, 3.63) is 39.0 Å². The highest BCUT2D eigenvalue weighted by Gasteiger charge is 2.33. The Balaban J connectivity index is 2.73. The van der Waals surface area contributed by atoms with Gasteiger partial charge in [0.2, 0.25) is 0 Å². The SMILES string of the molecule is CCC(=O)c1c(C#N)nn(-c2c(Cl)cc(C(F)(F)F)cc2Cl)c1N. The molecule has 0 saturated carbocycles. The fourth-order valence-corrected chi connectivity index (χ4v) is 2.71. The number of nitriles is 1. The molecule has 0 radical (unpaired) electrons. The van der Waals surface area contributed by atoms with E-state index in [0.717, 1.165) is 4.68 Å². The minimum atomic E-state index is -4.64. The molecule has 2 aromatic rings. The predicted octanol–water partition coefficient (Wildman–Crippen LogP) is 4.24. The molecule has 0 bridgehead atoms. The van der Waals surface area contributed by atoms with Gasteiger partial charge in [-0.15, -0.1) is 0 Å². The second-order valence-corrected chi connectivity index (χ2v) is 5.51. The zero-order valence-electron chi connectivity index (χ0n) is 12.1. The highest BCUT2D eigenvalue weighted by Crippen LogP contribution is 2.38. The summed E-state index contributed by atoms with van der Waals surface area (Å²) in [5.74, 6) is -0.656. The molecule has 0 atom stereocenters. The van der Waals surface area contributed by atoms with Crippen LogP contribution in [0.15, 0.2) is 12.1 Å². The zero-order valence-corrected chi connectivity index (χ0v) is 13.6. The normalized spacial score (nSPS) is 11.4. The maximum absolute atomic E-state index is 12.8. The summed E-state index contributed by atoms with van der Waals surface area (Å²) in [5.41, 5.74) is 4.28. The van der Waals surface area contributed by atoms with Crippen molar-refractivity contribution in [2.45, 2.75) is 19.5 Å². The fourth-order valence-electron chi connectivity index (χ4n) is 2.06.